The summed E-state index contributed by atoms with van der Waals surface area (Å²) in [5.41, 5.74) is 7.91. The Morgan fingerprint density at radius 2 is 1.81 bits per heavy atom. The summed E-state index contributed by atoms with van der Waals surface area (Å²) < 4.78 is 1.68. The van der Waals surface area contributed by atoms with E-state index in [1.54, 1.807) is 10.6 Å². The molecule has 0 radical (unpaired) electrons. The molecule has 4 aromatic rings. The number of halogens is 1. The quantitative estimate of drug-likeness (QED) is 0.500. The van der Waals surface area contributed by atoms with Crippen molar-refractivity contribution in [3.63, 3.8) is 0 Å². The molecule has 1 aliphatic heterocycles. The Morgan fingerprint density at radius 3 is 2.56 bits per heavy atom. The lowest BCUT2D eigenvalue weighted by Gasteiger charge is -2.31. The van der Waals surface area contributed by atoms with Crippen molar-refractivity contribution >= 4 is 34.3 Å². The second-order valence-corrected chi connectivity index (χ2v) is 8.56. The highest BCUT2D eigenvalue weighted by Crippen LogP contribution is 2.39. The van der Waals surface area contributed by atoms with E-state index in [1.807, 2.05) is 55.5 Å². The topological polar surface area (TPSA) is 89.9 Å². The number of para-hydroxylation sites is 1. The van der Waals surface area contributed by atoms with Crippen molar-refractivity contribution in [2.75, 3.05) is 10.6 Å². The molecule has 2 aromatic carbocycles. The SMILES string of the molecule is Cc1cc(N2[C@@H](C)CC[C@H]2c2nc3cccc(Cl)c3c(=O)n2-c2ccccc2)nc(N)n1. The van der Waals surface area contributed by atoms with Gasteiger partial charge in [-0.25, -0.2) is 9.97 Å². The van der Waals surface area contributed by atoms with Crippen LogP contribution in [0.1, 0.15) is 37.3 Å². The Balaban J connectivity index is 1.78. The Morgan fingerprint density at radius 1 is 1.03 bits per heavy atom. The number of hydrogen-bond donors (Lipinski definition) is 1. The third-order valence-electron chi connectivity index (χ3n) is 5.98. The van der Waals surface area contributed by atoms with Gasteiger partial charge in [-0.2, -0.15) is 4.98 Å². The van der Waals surface area contributed by atoms with Crippen molar-refractivity contribution in [2.24, 2.45) is 0 Å². The summed E-state index contributed by atoms with van der Waals surface area (Å²) in [6.45, 7) is 4.05. The van der Waals surface area contributed by atoms with E-state index in [1.165, 1.54) is 0 Å². The average molecular weight is 447 g/mol. The minimum absolute atomic E-state index is 0.157. The molecule has 2 atom stereocenters. The summed E-state index contributed by atoms with van der Waals surface area (Å²) in [6, 6.07) is 16.9. The van der Waals surface area contributed by atoms with Gasteiger partial charge in [0.1, 0.15) is 11.6 Å². The molecule has 3 heterocycles. The van der Waals surface area contributed by atoms with Crippen LogP contribution in [0.4, 0.5) is 11.8 Å². The maximum atomic E-state index is 13.7. The number of benzene rings is 2. The summed E-state index contributed by atoms with van der Waals surface area (Å²) in [7, 11) is 0. The Kier molecular flexibility index (Phi) is 5.06. The molecular formula is C24H23ClN6O. The summed E-state index contributed by atoms with van der Waals surface area (Å²) >= 11 is 6.42. The first-order chi connectivity index (χ1) is 15.4. The molecule has 2 aromatic heterocycles. The van der Waals surface area contributed by atoms with Gasteiger partial charge in [0.2, 0.25) is 5.95 Å². The van der Waals surface area contributed by atoms with Gasteiger partial charge in [0.15, 0.2) is 0 Å². The highest BCUT2D eigenvalue weighted by Gasteiger charge is 2.36. The highest BCUT2D eigenvalue weighted by atomic mass is 35.5. The van der Waals surface area contributed by atoms with Crippen LogP contribution < -0.4 is 16.2 Å². The molecule has 1 saturated heterocycles. The fourth-order valence-electron chi connectivity index (χ4n) is 4.59. The number of fused-ring (bicyclic) bond motifs is 1. The lowest BCUT2D eigenvalue weighted by molar-refractivity contribution is 0.615. The van der Waals surface area contributed by atoms with E-state index in [2.05, 4.69) is 21.8 Å². The van der Waals surface area contributed by atoms with Crippen LogP contribution in [0.3, 0.4) is 0 Å². The zero-order chi connectivity index (χ0) is 22.4. The van der Waals surface area contributed by atoms with Gasteiger partial charge in [0, 0.05) is 17.8 Å². The van der Waals surface area contributed by atoms with E-state index in [9.17, 15) is 4.79 Å². The first-order valence-electron chi connectivity index (χ1n) is 10.6. The summed E-state index contributed by atoms with van der Waals surface area (Å²) in [4.78, 5) is 29.6. The zero-order valence-corrected chi connectivity index (χ0v) is 18.6. The maximum Gasteiger partial charge on any atom is 0.267 e. The van der Waals surface area contributed by atoms with Crippen molar-refractivity contribution in [2.45, 2.75) is 38.8 Å². The van der Waals surface area contributed by atoms with Crippen molar-refractivity contribution < 1.29 is 0 Å². The Labute approximate surface area is 190 Å². The molecule has 0 amide bonds. The molecule has 0 bridgehead atoms. The van der Waals surface area contributed by atoms with E-state index in [-0.39, 0.29) is 23.6 Å². The van der Waals surface area contributed by atoms with Crippen molar-refractivity contribution in [3.8, 4) is 5.69 Å². The predicted molar refractivity (Wildman–Crippen MR) is 127 cm³/mol. The number of aromatic nitrogens is 4. The molecule has 0 saturated carbocycles. The molecule has 0 aliphatic carbocycles. The first-order valence-corrected chi connectivity index (χ1v) is 11.0. The molecular weight excluding hydrogens is 424 g/mol. The third-order valence-corrected chi connectivity index (χ3v) is 6.29. The number of anilines is 2. The number of nitrogens with zero attached hydrogens (tertiary/aromatic N) is 5. The number of nitrogen functional groups attached to an aromatic ring is 1. The van der Waals surface area contributed by atoms with E-state index < -0.39 is 0 Å². The second kappa shape index (κ2) is 7.91. The van der Waals surface area contributed by atoms with E-state index in [0.717, 1.165) is 30.0 Å². The molecule has 1 aliphatic rings. The Bertz CT molecular complexity index is 1350. The summed E-state index contributed by atoms with van der Waals surface area (Å²) in [5.74, 6) is 1.64. The van der Waals surface area contributed by atoms with Gasteiger partial charge in [-0.1, -0.05) is 35.9 Å². The number of aryl methyl sites for hydroxylation is 1. The lowest BCUT2D eigenvalue weighted by Crippen LogP contribution is -2.35. The minimum Gasteiger partial charge on any atom is -0.368 e. The standard InChI is InChI=1S/C24H23ClN6O/c1-14-13-20(29-24(26)27-14)30-15(2)11-12-19(30)22-28-18-10-6-9-17(25)21(18)23(32)31(22)16-7-4-3-5-8-16/h3-10,13,15,19H,11-12H2,1-2H3,(H2,26,27,29)/t15-,19-/m0/s1. The molecule has 162 valence electrons. The molecule has 0 spiro atoms. The van der Waals surface area contributed by atoms with Gasteiger partial charge >= 0.3 is 0 Å². The van der Waals surface area contributed by atoms with Crippen LogP contribution in [0.15, 0.2) is 59.4 Å². The van der Waals surface area contributed by atoms with Gasteiger partial charge in [-0.3, -0.25) is 9.36 Å². The summed E-state index contributed by atoms with van der Waals surface area (Å²) in [6.07, 6.45) is 1.77. The number of rotatable bonds is 3. The minimum atomic E-state index is -0.181. The molecule has 5 rings (SSSR count). The molecule has 32 heavy (non-hydrogen) atoms. The van der Waals surface area contributed by atoms with Crippen LogP contribution in [0.2, 0.25) is 5.02 Å². The molecule has 1 fully saturated rings. The second-order valence-electron chi connectivity index (χ2n) is 8.16. The van der Waals surface area contributed by atoms with E-state index in [4.69, 9.17) is 22.3 Å². The van der Waals surface area contributed by atoms with Crippen LogP contribution in [-0.4, -0.2) is 25.6 Å². The largest absolute Gasteiger partial charge is 0.368 e. The van der Waals surface area contributed by atoms with Crippen LogP contribution in [-0.2, 0) is 0 Å². The van der Waals surface area contributed by atoms with Gasteiger partial charge in [0.05, 0.1) is 27.7 Å². The fraction of sp³-hybridized carbons (Fsp3) is 0.250. The molecule has 7 nitrogen and oxygen atoms in total. The van der Waals surface area contributed by atoms with Crippen LogP contribution in [0.5, 0.6) is 0 Å². The smallest absolute Gasteiger partial charge is 0.267 e. The van der Waals surface area contributed by atoms with Gasteiger partial charge in [-0.15, -0.1) is 0 Å². The van der Waals surface area contributed by atoms with Crippen LogP contribution in [0, 0.1) is 6.92 Å². The normalized spacial score (nSPS) is 18.4. The summed E-state index contributed by atoms with van der Waals surface area (Å²) in [5, 5.41) is 0.813. The van der Waals surface area contributed by atoms with E-state index >= 15 is 0 Å². The maximum absolute atomic E-state index is 13.7. The monoisotopic (exact) mass is 446 g/mol. The fourth-order valence-corrected chi connectivity index (χ4v) is 4.84. The first kappa shape index (κ1) is 20.5. The third kappa shape index (κ3) is 3.39. The van der Waals surface area contributed by atoms with Crippen molar-refractivity contribution in [1.82, 2.24) is 19.5 Å². The molecule has 2 N–H and O–H groups in total. The van der Waals surface area contributed by atoms with Gasteiger partial charge in [-0.05, 0) is 51.0 Å². The Hall–Kier alpha value is -3.45. The van der Waals surface area contributed by atoms with Crippen molar-refractivity contribution in [1.29, 1.82) is 0 Å². The number of nitrogens with two attached hydrogens (primary N) is 1. The molecule has 8 heteroatoms. The van der Waals surface area contributed by atoms with Crippen LogP contribution >= 0.6 is 11.6 Å². The number of hydrogen-bond acceptors (Lipinski definition) is 6. The van der Waals surface area contributed by atoms with E-state index in [0.29, 0.717) is 21.7 Å². The van der Waals surface area contributed by atoms with Crippen LogP contribution in [0.25, 0.3) is 16.6 Å². The van der Waals surface area contributed by atoms with Crippen molar-refractivity contribution in [3.05, 3.63) is 81.5 Å². The van der Waals surface area contributed by atoms with Gasteiger partial charge in [0.25, 0.3) is 5.56 Å². The molecule has 0 unspecified atom stereocenters. The highest BCUT2D eigenvalue weighted by molar-refractivity contribution is 6.35. The van der Waals surface area contributed by atoms with Gasteiger partial charge < -0.3 is 10.6 Å². The zero-order valence-electron chi connectivity index (χ0n) is 17.9. The predicted octanol–water partition coefficient (Wildman–Crippen LogP) is 4.45. The average Bonchev–Trinajstić information content (AvgIpc) is 3.14. The lowest BCUT2D eigenvalue weighted by atomic mass is 10.1.